The second kappa shape index (κ2) is 5.39. The van der Waals surface area contributed by atoms with Gasteiger partial charge in [-0.2, -0.15) is 0 Å². The number of rotatable bonds is 4. The van der Waals surface area contributed by atoms with Gasteiger partial charge in [-0.05, 0) is 43.2 Å². The molecule has 0 saturated carbocycles. The maximum Gasteiger partial charge on any atom is 0.115 e. The third-order valence-corrected chi connectivity index (χ3v) is 2.64. The van der Waals surface area contributed by atoms with Crippen LogP contribution >= 0.6 is 0 Å². The van der Waals surface area contributed by atoms with Crippen LogP contribution in [-0.4, -0.2) is 11.1 Å². The Morgan fingerprint density at radius 3 is 2.53 bits per heavy atom. The van der Waals surface area contributed by atoms with Crippen molar-refractivity contribution in [2.24, 2.45) is 0 Å². The van der Waals surface area contributed by atoms with Gasteiger partial charge in [0.15, 0.2) is 0 Å². The maximum absolute atomic E-state index is 9.40. The molecule has 2 nitrogen and oxygen atoms in total. The van der Waals surface area contributed by atoms with Gasteiger partial charge < -0.3 is 10.4 Å². The average Bonchev–Trinajstić information content (AvgIpc) is 2.30. The number of phenols is 1. The van der Waals surface area contributed by atoms with Crippen LogP contribution in [-0.2, 0) is 6.42 Å². The van der Waals surface area contributed by atoms with Gasteiger partial charge in [-0.15, -0.1) is 0 Å². The van der Waals surface area contributed by atoms with Crippen LogP contribution in [0.4, 0.5) is 5.69 Å². The predicted molar refractivity (Wildman–Crippen MR) is 71.3 cm³/mol. The summed E-state index contributed by atoms with van der Waals surface area (Å²) in [7, 11) is 0. The second-order valence-corrected chi connectivity index (χ2v) is 4.29. The number of hydrogen-bond donors (Lipinski definition) is 2. The summed E-state index contributed by atoms with van der Waals surface area (Å²) in [6.07, 6.45) is 0.892. The highest BCUT2D eigenvalue weighted by atomic mass is 16.3. The molecule has 0 spiro atoms. The first-order chi connectivity index (χ1) is 8.24. The number of hydrogen-bond acceptors (Lipinski definition) is 2. The van der Waals surface area contributed by atoms with Gasteiger partial charge in [0.05, 0.1) is 0 Å². The first-order valence-electron chi connectivity index (χ1n) is 5.83. The van der Waals surface area contributed by atoms with Gasteiger partial charge in [0.2, 0.25) is 0 Å². The van der Waals surface area contributed by atoms with E-state index < -0.39 is 0 Å². The molecule has 0 aliphatic heterocycles. The zero-order valence-electron chi connectivity index (χ0n) is 9.93. The van der Waals surface area contributed by atoms with E-state index >= 15 is 0 Å². The molecule has 0 bridgehead atoms. The Morgan fingerprint density at radius 1 is 1.06 bits per heavy atom. The summed E-state index contributed by atoms with van der Waals surface area (Å²) >= 11 is 0. The van der Waals surface area contributed by atoms with Crippen molar-refractivity contribution in [2.75, 3.05) is 5.32 Å². The Labute approximate surface area is 102 Å². The standard InChI is InChI=1S/C15H17NO/c1-12(16-14-7-3-2-4-8-14)10-13-6-5-9-15(17)11-13/h2-9,11-12,16-17H,10H2,1H3/t12-/m1/s1. The topological polar surface area (TPSA) is 32.3 Å². The summed E-state index contributed by atoms with van der Waals surface area (Å²) in [5.41, 5.74) is 2.26. The molecule has 2 rings (SSSR count). The van der Waals surface area contributed by atoms with Gasteiger partial charge in [-0.1, -0.05) is 30.3 Å². The Bertz CT molecular complexity index is 467. The SMILES string of the molecule is C[C@H](Cc1cccc(O)c1)Nc1ccccc1. The van der Waals surface area contributed by atoms with Crippen LogP contribution in [0.3, 0.4) is 0 Å². The molecular formula is C15H17NO. The molecule has 0 aliphatic rings. The summed E-state index contributed by atoms with van der Waals surface area (Å²) in [4.78, 5) is 0. The Hall–Kier alpha value is -1.96. The highest BCUT2D eigenvalue weighted by Crippen LogP contribution is 2.14. The number of aromatic hydroxyl groups is 1. The summed E-state index contributed by atoms with van der Waals surface area (Å²) in [6, 6.07) is 17.9. The normalized spacial score (nSPS) is 12.1. The third kappa shape index (κ3) is 3.52. The fraction of sp³-hybridized carbons (Fsp3) is 0.200. The fourth-order valence-corrected chi connectivity index (χ4v) is 1.91. The van der Waals surface area contributed by atoms with E-state index in [1.807, 2.05) is 36.4 Å². The Morgan fingerprint density at radius 2 is 1.82 bits per heavy atom. The van der Waals surface area contributed by atoms with Crippen molar-refractivity contribution in [3.63, 3.8) is 0 Å². The molecule has 0 unspecified atom stereocenters. The Balaban J connectivity index is 1.96. The van der Waals surface area contributed by atoms with Gasteiger partial charge in [-0.3, -0.25) is 0 Å². The molecule has 0 saturated heterocycles. The van der Waals surface area contributed by atoms with Crippen LogP contribution in [0.5, 0.6) is 5.75 Å². The number of benzene rings is 2. The van der Waals surface area contributed by atoms with Gasteiger partial charge in [0.25, 0.3) is 0 Å². The van der Waals surface area contributed by atoms with Crippen LogP contribution < -0.4 is 5.32 Å². The van der Waals surface area contributed by atoms with Crippen LogP contribution in [0.2, 0.25) is 0 Å². The summed E-state index contributed by atoms with van der Waals surface area (Å²) in [6.45, 7) is 2.14. The van der Waals surface area contributed by atoms with Gasteiger partial charge in [0, 0.05) is 11.7 Å². The molecule has 0 radical (unpaired) electrons. The monoisotopic (exact) mass is 227 g/mol. The molecule has 2 aromatic rings. The molecular weight excluding hydrogens is 210 g/mol. The van der Waals surface area contributed by atoms with Gasteiger partial charge in [-0.25, -0.2) is 0 Å². The van der Waals surface area contributed by atoms with Crippen molar-refractivity contribution in [1.29, 1.82) is 0 Å². The molecule has 0 fully saturated rings. The maximum atomic E-state index is 9.40. The number of phenolic OH excluding ortho intramolecular Hbond substituents is 1. The van der Waals surface area contributed by atoms with Crippen molar-refractivity contribution >= 4 is 5.69 Å². The van der Waals surface area contributed by atoms with E-state index in [1.165, 1.54) is 0 Å². The summed E-state index contributed by atoms with van der Waals surface area (Å²) < 4.78 is 0. The molecule has 0 aromatic heterocycles. The number of para-hydroxylation sites is 1. The highest BCUT2D eigenvalue weighted by molar-refractivity contribution is 5.43. The van der Waals surface area contributed by atoms with E-state index in [0.29, 0.717) is 11.8 Å². The number of anilines is 1. The van der Waals surface area contributed by atoms with E-state index in [1.54, 1.807) is 6.07 Å². The molecule has 0 aliphatic carbocycles. The average molecular weight is 227 g/mol. The van der Waals surface area contributed by atoms with Crippen molar-refractivity contribution < 1.29 is 5.11 Å². The lowest BCUT2D eigenvalue weighted by Crippen LogP contribution is -2.17. The van der Waals surface area contributed by atoms with Gasteiger partial charge >= 0.3 is 0 Å². The second-order valence-electron chi connectivity index (χ2n) is 4.29. The van der Waals surface area contributed by atoms with Gasteiger partial charge in [0.1, 0.15) is 5.75 Å². The number of nitrogens with one attached hydrogen (secondary N) is 1. The lowest BCUT2D eigenvalue weighted by atomic mass is 10.1. The molecule has 0 amide bonds. The quantitative estimate of drug-likeness (QED) is 0.838. The molecule has 17 heavy (non-hydrogen) atoms. The zero-order chi connectivity index (χ0) is 12.1. The van der Waals surface area contributed by atoms with E-state index in [-0.39, 0.29) is 0 Å². The zero-order valence-corrected chi connectivity index (χ0v) is 9.93. The molecule has 0 heterocycles. The minimum atomic E-state index is 0.328. The largest absolute Gasteiger partial charge is 0.508 e. The van der Waals surface area contributed by atoms with Crippen molar-refractivity contribution in [2.45, 2.75) is 19.4 Å². The lowest BCUT2D eigenvalue weighted by Gasteiger charge is -2.15. The first kappa shape index (κ1) is 11.5. The van der Waals surface area contributed by atoms with Crippen LogP contribution in [0.15, 0.2) is 54.6 Å². The van der Waals surface area contributed by atoms with Crippen LogP contribution in [0, 0.1) is 0 Å². The van der Waals surface area contributed by atoms with E-state index in [9.17, 15) is 5.11 Å². The highest BCUT2D eigenvalue weighted by Gasteiger charge is 2.03. The van der Waals surface area contributed by atoms with Crippen molar-refractivity contribution in [3.8, 4) is 5.75 Å². The Kier molecular flexibility index (Phi) is 3.66. The van der Waals surface area contributed by atoms with E-state index in [4.69, 9.17) is 0 Å². The lowest BCUT2D eigenvalue weighted by molar-refractivity contribution is 0.474. The summed E-state index contributed by atoms with van der Waals surface area (Å²) in [5.74, 6) is 0.328. The molecule has 2 aromatic carbocycles. The van der Waals surface area contributed by atoms with E-state index in [0.717, 1.165) is 17.7 Å². The third-order valence-electron chi connectivity index (χ3n) is 2.64. The fourth-order valence-electron chi connectivity index (χ4n) is 1.91. The first-order valence-corrected chi connectivity index (χ1v) is 5.83. The van der Waals surface area contributed by atoms with E-state index in [2.05, 4.69) is 24.4 Å². The minimum Gasteiger partial charge on any atom is -0.508 e. The molecule has 88 valence electrons. The molecule has 2 N–H and O–H groups in total. The van der Waals surface area contributed by atoms with Crippen molar-refractivity contribution in [3.05, 3.63) is 60.2 Å². The predicted octanol–water partition coefficient (Wildman–Crippen LogP) is 3.44. The molecule has 1 atom stereocenters. The van der Waals surface area contributed by atoms with Crippen molar-refractivity contribution in [1.82, 2.24) is 0 Å². The smallest absolute Gasteiger partial charge is 0.115 e. The van der Waals surface area contributed by atoms with Crippen LogP contribution in [0.1, 0.15) is 12.5 Å². The minimum absolute atomic E-state index is 0.328. The van der Waals surface area contributed by atoms with Crippen LogP contribution in [0.25, 0.3) is 0 Å². The molecule has 2 heteroatoms. The summed E-state index contributed by atoms with van der Waals surface area (Å²) in [5, 5.41) is 12.8.